The first kappa shape index (κ1) is 12.8. The molecule has 0 aromatic rings. The summed E-state index contributed by atoms with van der Waals surface area (Å²) in [6, 6.07) is 0. The van der Waals surface area contributed by atoms with Crippen LogP contribution in [0.15, 0.2) is 12.2 Å². The summed E-state index contributed by atoms with van der Waals surface area (Å²) in [4.78, 5) is 0. The molecule has 0 heterocycles. The van der Waals surface area contributed by atoms with Gasteiger partial charge in [-0.1, -0.05) is 53.2 Å². The van der Waals surface area contributed by atoms with Gasteiger partial charge in [-0.2, -0.15) is 0 Å². The van der Waals surface area contributed by atoms with Crippen molar-refractivity contribution in [2.75, 3.05) is 0 Å². The Morgan fingerprint density at radius 3 is 2.20 bits per heavy atom. The van der Waals surface area contributed by atoms with Crippen LogP contribution in [0.5, 0.6) is 0 Å². The largest absolute Gasteiger partial charge is 0.0996 e. The van der Waals surface area contributed by atoms with E-state index in [1.807, 2.05) is 0 Å². The van der Waals surface area contributed by atoms with Crippen molar-refractivity contribution in [1.82, 2.24) is 0 Å². The van der Waals surface area contributed by atoms with Crippen LogP contribution in [-0.4, -0.2) is 0 Å². The molecule has 0 nitrogen and oxygen atoms in total. The van der Waals surface area contributed by atoms with Gasteiger partial charge in [0.15, 0.2) is 0 Å². The maximum atomic E-state index is 4.33. The van der Waals surface area contributed by atoms with E-state index in [1.54, 1.807) is 0 Å². The Labute approximate surface area is 96.2 Å². The van der Waals surface area contributed by atoms with Crippen LogP contribution < -0.4 is 0 Å². The summed E-state index contributed by atoms with van der Waals surface area (Å²) in [6.07, 6.45) is 3.86. The predicted molar refractivity (Wildman–Crippen MR) is 68.8 cm³/mol. The van der Waals surface area contributed by atoms with Crippen LogP contribution in [-0.2, 0) is 0 Å². The van der Waals surface area contributed by atoms with Gasteiger partial charge in [0.2, 0.25) is 0 Å². The number of rotatable bonds is 3. The van der Waals surface area contributed by atoms with E-state index >= 15 is 0 Å². The Hall–Kier alpha value is -0.260. The Bertz CT molecular complexity index is 216. The normalized spacial score (nSPS) is 41.5. The molecule has 0 spiro atoms. The quantitative estimate of drug-likeness (QED) is 0.578. The Kier molecular flexibility index (Phi) is 4.43. The molecule has 0 aromatic heterocycles. The third-order valence-electron chi connectivity index (χ3n) is 4.69. The zero-order chi connectivity index (χ0) is 11.6. The minimum Gasteiger partial charge on any atom is -0.0996 e. The van der Waals surface area contributed by atoms with Gasteiger partial charge in [-0.3, -0.25) is 0 Å². The van der Waals surface area contributed by atoms with Crippen molar-refractivity contribution in [3.8, 4) is 0 Å². The van der Waals surface area contributed by atoms with Gasteiger partial charge in [-0.05, 0) is 42.4 Å². The molecule has 1 rings (SSSR count). The van der Waals surface area contributed by atoms with Crippen molar-refractivity contribution in [2.24, 2.45) is 29.6 Å². The SMILES string of the molecule is C=C(CCC)C1C(C)CC(C)C(C)C1C. The third kappa shape index (κ3) is 2.65. The topological polar surface area (TPSA) is 0 Å². The fourth-order valence-corrected chi connectivity index (χ4v) is 3.57. The lowest BCUT2D eigenvalue weighted by molar-refractivity contribution is 0.0938. The molecule has 0 bridgehead atoms. The highest BCUT2D eigenvalue weighted by Gasteiger charge is 2.37. The molecule has 0 amide bonds. The van der Waals surface area contributed by atoms with Crippen molar-refractivity contribution in [3.63, 3.8) is 0 Å². The summed E-state index contributed by atoms with van der Waals surface area (Å²) < 4.78 is 0. The highest BCUT2D eigenvalue weighted by atomic mass is 14.4. The highest BCUT2D eigenvalue weighted by Crippen LogP contribution is 2.45. The van der Waals surface area contributed by atoms with Crippen LogP contribution in [0.25, 0.3) is 0 Å². The van der Waals surface area contributed by atoms with Gasteiger partial charge in [-0.15, -0.1) is 0 Å². The van der Waals surface area contributed by atoms with Crippen LogP contribution in [0.3, 0.4) is 0 Å². The van der Waals surface area contributed by atoms with E-state index in [9.17, 15) is 0 Å². The van der Waals surface area contributed by atoms with Gasteiger partial charge in [0.1, 0.15) is 0 Å². The van der Waals surface area contributed by atoms with E-state index in [-0.39, 0.29) is 0 Å². The lowest BCUT2D eigenvalue weighted by Crippen LogP contribution is -2.36. The molecule has 5 atom stereocenters. The fourth-order valence-electron chi connectivity index (χ4n) is 3.57. The van der Waals surface area contributed by atoms with E-state index in [0.717, 1.165) is 29.6 Å². The van der Waals surface area contributed by atoms with Crippen molar-refractivity contribution >= 4 is 0 Å². The minimum atomic E-state index is 0.774. The van der Waals surface area contributed by atoms with Gasteiger partial charge in [0.05, 0.1) is 0 Å². The Morgan fingerprint density at radius 1 is 1.07 bits per heavy atom. The van der Waals surface area contributed by atoms with Gasteiger partial charge >= 0.3 is 0 Å². The van der Waals surface area contributed by atoms with E-state index in [4.69, 9.17) is 0 Å². The molecule has 1 aliphatic carbocycles. The van der Waals surface area contributed by atoms with Gasteiger partial charge in [-0.25, -0.2) is 0 Å². The first-order chi connectivity index (χ1) is 6.99. The standard InChI is InChI=1S/C15H28/c1-7-8-10(2)15-12(4)9-11(3)13(5)14(15)6/h11-15H,2,7-9H2,1,3-6H3. The third-order valence-corrected chi connectivity index (χ3v) is 4.69. The van der Waals surface area contributed by atoms with Crippen LogP contribution in [0.4, 0.5) is 0 Å². The molecule has 0 aliphatic heterocycles. The molecule has 0 saturated heterocycles. The monoisotopic (exact) mass is 208 g/mol. The molecular weight excluding hydrogens is 180 g/mol. The molecule has 0 aromatic carbocycles. The van der Waals surface area contributed by atoms with E-state index in [2.05, 4.69) is 41.2 Å². The van der Waals surface area contributed by atoms with Crippen LogP contribution in [0.2, 0.25) is 0 Å². The van der Waals surface area contributed by atoms with E-state index in [0.29, 0.717) is 0 Å². The van der Waals surface area contributed by atoms with Crippen molar-refractivity contribution in [3.05, 3.63) is 12.2 Å². The Morgan fingerprint density at radius 2 is 1.67 bits per heavy atom. The van der Waals surface area contributed by atoms with Crippen molar-refractivity contribution < 1.29 is 0 Å². The number of hydrogen-bond donors (Lipinski definition) is 0. The molecule has 0 N–H and O–H groups in total. The lowest BCUT2D eigenvalue weighted by Gasteiger charge is -2.44. The van der Waals surface area contributed by atoms with E-state index in [1.165, 1.54) is 24.8 Å². The molecule has 15 heavy (non-hydrogen) atoms. The zero-order valence-electron chi connectivity index (χ0n) is 11.2. The Balaban J connectivity index is 2.73. The molecule has 88 valence electrons. The summed E-state index contributed by atoms with van der Waals surface area (Å²) >= 11 is 0. The summed E-state index contributed by atoms with van der Waals surface area (Å²) in [5.74, 6) is 4.18. The highest BCUT2D eigenvalue weighted by molar-refractivity contribution is 5.07. The molecule has 0 radical (unpaired) electrons. The van der Waals surface area contributed by atoms with Crippen LogP contribution >= 0.6 is 0 Å². The van der Waals surface area contributed by atoms with E-state index < -0.39 is 0 Å². The average molecular weight is 208 g/mol. The predicted octanol–water partition coefficient (Wildman–Crippen LogP) is 4.91. The van der Waals surface area contributed by atoms with Crippen molar-refractivity contribution in [1.29, 1.82) is 0 Å². The first-order valence-electron chi connectivity index (χ1n) is 6.66. The molecule has 1 saturated carbocycles. The summed E-state index contributed by atoms with van der Waals surface area (Å²) in [5, 5.41) is 0. The summed E-state index contributed by atoms with van der Waals surface area (Å²) in [5.41, 5.74) is 1.51. The lowest BCUT2D eigenvalue weighted by atomic mass is 9.61. The molecular formula is C15H28. The summed E-state index contributed by atoms with van der Waals surface area (Å²) in [6.45, 7) is 16.3. The molecule has 5 unspecified atom stereocenters. The smallest absolute Gasteiger partial charge is 0.0152 e. The van der Waals surface area contributed by atoms with Gasteiger partial charge in [0, 0.05) is 0 Å². The maximum absolute atomic E-state index is 4.33. The van der Waals surface area contributed by atoms with Crippen molar-refractivity contribution in [2.45, 2.75) is 53.9 Å². The average Bonchev–Trinajstić information content (AvgIpc) is 2.15. The minimum absolute atomic E-state index is 0.774. The molecule has 1 aliphatic rings. The second-order valence-corrected chi connectivity index (χ2v) is 5.84. The second kappa shape index (κ2) is 5.18. The fraction of sp³-hybridized carbons (Fsp3) is 0.867. The maximum Gasteiger partial charge on any atom is -0.0152 e. The van der Waals surface area contributed by atoms with Gasteiger partial charge in [0.25, 0.3) is 0 Å². The number of allylic oxidation sites excluding steroid dienone is 1. The zero-order valence-corrected chi connectivity index (χ0v) is 11.2. The van der Waals surface area contributed by atoms with Gasteiger partial charge < -0.3 is 0 Å². The second-order valence-electron chi connectivity index (χ2n) is 5.84. The first-order valence-corrected chi connectivity index (χ1v) is 6.66. The number of hydrogen-bond acceptors (Lipinski definition) is 0. The molecule has 1 fully saturated rings. The van der Waals surface area contributed by atoms with Crippen LogP contribution in [0.1, 0.15) is 53.9 Å². The molecule has 0 heteroatoms. The van der Waals surface area contributed by atoms with Crippen LogP contribution in [0, 0.1) is 29.6 Å². The summed E-state index contributed by atoms with van der Waals surface area (Å²) in [7, 11) is 0.